The van der Waals surface area contributed by atoms with Crippen LogP contribution in [-0.4, -0.2) is 22.7 Å². The van der Waals surface area contributed by atoms with E-state index in [1.54, 1.807) is 14.1 Å². The summed E-state index contributed by atoms with van der Waals surface area (Å²) in [6.45, 7) is 0. The fraction of sp³-hybridized carbons (Fsp3) is 0.333. The lowest BCUT2D eigenvalue weighted by atomic mass is 10.4. The van der Waals surface area contributed by atoms with Gasteiger partial charge in [0.1, 0.15) is 5.82 Å². The van der Waals surface area contributed by atoms with Crippen LogP contribution in [0.1, 0.15) is 10.5 Å². The topological polar surface area (TPSA) is 72.9 Å². The molecule has 5 nitrogen and oxygen atoms in total. The lowest BCUT2D eigenvalue weighted by Gasteiger charge is -1.91. The number of carbonyl (C=O) groups excluding carboxylic acids is 1. The molecule has 1 heterocycles. The van der Waals surface area contributed by atoms with Crippen molar-refractivity contribution in [1.82, 2.24) is 15.1 Å². The highest BCUT2D eigenvalue weighted by molar-refractivity contribution is 5.92. The third-order valence-electron chi connectivity index (χ3n) is 1.38. The van der Waals surface area contributed by atoms with Crippen LogP contribution in [0, 0.1) is 0 Å². The van der Waals surface area contributed by atoms with Crippen molar-refractivity contribution in [3.05, 3.63) is 11.8 Å². The summed E-state index contributed by atoms with van der Waals surface area (Å²) in [7, 11) is 3.23. The van der Waals surface area contributed by atoms with Gasteiger partial charge < -0.3 is 11.1 Å². The van der Waals surface area contributed by atoms with E-state index in [0.717, 1.165) is 0 Å². The first-order valence-electron chi connectivity index (χ1n) is 3.16. The lowest BCUT2D eigenvalue weighted by Crippen LogP contribution is -2.18. The van der Waals surface area contributed by atoms with Gasteiger partial charge in [-0.3, -0.25) is 9.48 Å². The van der Waals surface area contributed by atoms with Gasteiger partial charge in [0.15, 0.2) is 5.69 Å². The predicted molar refractivity (Wildman–Crippen MR) is 41.0 cm³/mol. The predicted octanol–water partition coefficient (Wildman–Crippen LogP) is -0.638. The van der Waals surface area contributed by atoms with Gasteiger partial charge in [-0.1, -0.05) is 0 Å². The highest BCUT2D eigenvalue weighted by Gasteiger charge is 2.07. The number of nitrogens with two attached hydrogens (primary N) is 1. The second-order valence-electron chi connectivity index (χ2n) is 2.16. The van der Waals surface area contributed by atoms with Crippen LogP contribution in [0.2, 0.25) is 0 Å². The number of carbonyl (C=O) groups is 1. The van der Waals surface area contributed by atoms with Gasteiger partial charge in [0, 0.05) is 20.2 Å². The smallest absolute Gasteiger partial charge is 0.271 e. The first-order valence-corrected chi connectivity index (χ1v) is 3.16. The van der Waals surface area contributed by atoms with E-state index in [-0.39, 0.29) is 5.91 Å². The second-order valence-corrected chi connectivity index (χ2v) is 2.16. The average molecular weight is 154 g/mol. The minimum Gasteiger partial charge on any atom is -0.384 e. The summed E-state index contributed by atoms with van der Waals surface area (Å²) in [6.07, 6.45) is 0. The molecule has 1 amide bonds. The third-order valence-corrected chi connectivity index (χ3v) is 1.38. The summed E-state index contributed by atoms with van der Waals surface area (Å²) in [5, 5.41) is 6.31. The van der Waals surface area contributed by atoms with Crippen LogP contribution in [0.5, 0.6) is 0 Å². The average Bonchev–Trinajstić information content (AvgIpc) is 2.31. The van der Waals surface area contributed by atoms with Gasteiger partial charge in [0.05, 0.1) is 0 Å². The number of aromatic nitrogens is 2. The van der Waals surface area contributed by atoms with Crippen LogP contribution < -0.4 is 11.1 Å². The summed E-state index contributed by atoms with van der Waals surface area (Å²) in [5.41, 5.74) is 5.79. The summed E-state index contributed by atoms with van der Waals surface area (Å²) in [6, 6.07) is 1.53. The molecule has 0 radical (unpaired) electrons. The van der Waals surface area contributed by atoms with E-state index in [0.29, 0.717) is 11.5 Å². The standard InChI is InChI=1S/C6H10N4O/c1-8-6(11)4-3-5(7)10(2)9-4/h3H,7H2,1-2H3,(H,8,11). The van der Waals surface area contributed by atoms with Crippen molar-refractivity contribution in [1.29, 1.82) is 0 Å². The summed E-state index contributed by atoms with van der Waals surface area (Å²) in [4.78, 5) is 10.9. The Kier molecular flexibility index (Phi) is 1.80. The molecule has 60 valence electrons. The molecule has 0 aromatic carbocycles. The third kappa shape index (κ3) is 1.31. The van der Waals surface area contributed by atoms with Gasteiger partial charge in [-0.25, -0.2) is 0 Å². The zero-order valence-electron chi connectivity index (χ0n) is 6.46. The van der Waals surface area contributed by atoms with E-state index >= 15 is 0 Å². The summed E-state index contributed by atoms with van der Waals surface area (Å²) < 4.78 is 1.45. The Morgan fingerprint density at radius 3 is 2.82 bits per heavy atom. The van der Waals surface area contributed by atoms with Crippen molar-refractivity contribution in [2.24, 2.45) is 7.05 Å². The Morgan fingerprint density at radius 2 is 2.45 bits per heavy atom. The van der Waals surface area contributed by atoms with E-state index in [9.17, 15) is 4.79 Å². The van der Waals surface area contributed by atoms with Gasteiger partial charge in [0.25, 0.3) is 5.91 Å². The maximum absolute atomic E-state index is 10.9. The Morgan fingerprint density at radius 1 is 1.82 bits per heavy atom. The minimum atomic E-state index is -0.225. The number of hydrogen-bond donors (Lipinski definition) is 2. The molecule has 0 atom stereocenters. The van der Waals surface area contributed by atoms with Gasteiger partial charge in [-0.15, -0.1) is 0 Å². The number of nitrogens with zero attached hydrogens (tertiary/aromatic N) is 2. The molecule has 0 spiro atoms. The van der Waals surface area contributed by atoms with Crippen molar-refractivity contribution in [3.8, 4) is 0 Å². The van der Waals surface area contributed by atoms with Gasteiger partial charge in [0.2, 0.25) is 0 Å². The van der Waals surface area contributed by atoms with Crippen molar-refractivity contribution in [2.75, 3.05) is 12.8 Å². The number of rotatable bonds is 1. The fourth-order valence-electron chi connectivity index (χ4n) is 0.721. The largest absolute Gasteiger partial charge is 0.384 e. The Bertz CT molecular complexity index is 259. The minimum absolute atomic E-state index is 0.225. The monoisotopic (exact) mass is 154 g/mol. The van der Waals surface area contributed by atoms with E-state index < -0.39 is 0 Å². The molecule has 0 aliphatic carbocycles. The van der Waals surface area contributed by atoms with E-state index in [2.05, 4.69) is 10.4 Å². The Labute approximate surface area is 64.2 Å². The summed E-state index contributed by atoms with van der Waals surface area (Å²) >= 11 is 0. The zero-order chi connectivity index (χ0) is 8.43. The maximum Gasteiger partial charge on any atom is 0.271 e. The molecule has 3 N–H and O–H groups in total. The van der Waals surface area contributed by atoms with Crippen LogP contribution in [-0.2, 0) is 7.05 Å². The molecule has 0 aliphatic heterocycles. The van der Waals surface area contributed by atoms with Crippen LogP contribution >= 0.6 is 0 Å². The molecule has 1 aromatic heterocycles. The quantitative estimate of drug-likeness (QED) is 0.565. The zero-order valence-corrected chi connectivity index (χ0v) is 6.46. The Balaban J connectivity index is 2.97. The van der Waals surface area contributed by atoms with Gasteiger partial charge in [-0.05, 0) is 0 Å². The number of amides is 1. The SMILES string of the molecule is CNC(=O)c1cc(N)n(C)n1. The number of nitrogen functional groups attached to an aromatic ring is 1. The molecule has 0 aliphatic rings. The molecule has 1 aromatic rings. The normalized spacial score (nSPS) is 9.64. The lowest BCUT2D eigenvalue weighted by molar-refractivity contribution is 0.0957. The van der Waals surface area contributed by atoms with Crippen LogP contribution in [0.3, 0.4) is 0 Å². The molecule has 5 heteroatoms. The number of nitrogens with one attached hydrogen (secondary N) is 1. The molecule has 0 fully saturated rings. The van der Waals surface area contributed by atoms with Gasteiger partial charge in [-0.2, -0.15) is 5.10 Å². The number of anilines is 1. The first-order chi connectivity index (χ1) is 5.15. The Hall–Kier alpha value is -1.52. The maximum atomic E-state index is 10.9. The molecule has 0 saturated carbocycles. The highest BCUT2D eigenvalue weighted by atomic mass is 16.1. The van der Waals surface area contributed by atoms with Crippen molar-refractivity contribution in [2.45, 2.75) is 0 Å². The first kappa shape index (κ1) is 7.59. The second kappa shape index (κ2) is 2.61. The van der Waals surface area contributed by atoms with E-state index in [4.69, 9.17) is 5.73 Å². The molecule has 0 unspecified atom stereocenters. The van der Waals surface area contributed by atoms with Crippen molar-refractivity contribution >= 4 is 11.7 Å². The molecular formula is C6H10N4O. The number of hydrogen-bond acceptors (Lipinski definition) is 3. The van der Waals surface area contributed by atoms with Crippen molar-refractivity contribution < 1.29 is 4.79 Å². The summed E-state index contributed by atoms with van der Waals surface area (Å²) in [5.74, 6) is 0.251. The van der Waals surface area contributed by atoms with E-state index in [1.807, 2.05) is 0 Å². The molecule has 1 rings (SSSR count). The molecule has 11 heavy (non-hydrogen) atoms. The number of aryl methyl sites for hydroxylation is 1. The highest BCUT2D eigenvalue weighted by Crippen LogP contribution is 2.02. The molecule has 0 saturated heterocycles. The van der Waals surface area contributed by atoms with Crippen molar-refractivity contribution in [3.63, 3.8) is 0 Å². The van der Waals surface area contributed by atoms with Crippen LogP contribution in [0.4, 0.5) is 5.82 Å². The fourth-order valence-corrected chi connectivity index (χ4v) is 0.721. The molecular weight excluding hydrogens is 144 g/mol. The van der Waals surface area contributed by atoms with Crippen LogP contribution in [0.15, 0.2) is 6.07 Å². The van der Waals surface area contributed by atoms with Gasteiger partial charge >= 0.3 is 0 Å². The van der Waals surface area contributed by atoms with Crippen LogP contribution in [0.25, 0.3) is 0 Å². The molecule has 0 bridgehead atoms. The van der Waals surface area contributed by atoms with E-state index in [1.165, 1.54) is 10.7 Å².